The van der Waals surface area contributed by atoms with Gasteiger partial charge in [-0.25, -0.2) is 0 Å². The average Bonchev–Trinajstić information content (AvgIpc) is 3.04. The molecular formula is C23H20N2O2. The molecule has 1 aliphatic heterocycles. The standard InChI is InChI=1S/C23H20N2O2/c26-20(14-19-11-6-7-13-24-19)15-22(17-8-2-1-3-9-17)25-16-18-10-4-5-12-21(18)23(25)27/h1-13,22H,14-16H2. The zero-order chi connectivity index (χ0) is 18.6. The summed E-state index contributed by atoms with van der Waals surface area (Å²) in [4.78, 5) is 31.8. The van der Waals surface area contributed by atoms with Gasteiger partial charge in [-0.1, -0.05) is 54.6 Å². The number of aromatic nitrogens is 1. The highest BCUT2D eigenvalue weighted by atomic mass is 16.2. The Balaban J connectivity index is 1.59. The fraction of sp³-hybridized carbons (Fsp3) is 0.174. The molecule has 0 spiro atoms. The van der Waals surface area contributed by atoms with Crippen LogP contribution in [0.1, 0.15) is 39.6 Å². The summed E-state index contributed by atoms with van der Waals surface area (Å²) in [6.45, 7) is 0.533. The Morgan fingerprint density at radius 3 is 2.44 bits per heavy atom. The van der Waals surface area contributed by atoms with Gasteiger partial charge in [0, 0.05) is 36.8 Å². The maximum atomic E-state index is 13.0. The molecule has 0 aliphatic carbocycles. The third-order valence-corrected chi connectivity index (χ3v) is 4.94. The fourth-order valence-corrected chi connectivity index (χ4v) is 3.60. The normalized spacial score (nSPS) is 14.1. The van der Waals surface area contributed by atoms with Gasteiger partial charge in [0.25, 0.3) is 5.91 Å². The van der Waals surface area contributed by atoms with Gasteiger partial charge in [-0.15, -0.1) is 0 Å². The van der Waals surface area contributed by atoms with Gasteiger partial charge in [-0.05, 0) is 29.3 Å². The van der Waals surface area contributed by atoms with E-state index in [0.717, 1.165) is 22.4 Å². The number of hydrogen-bond donors (Lipinski definition) is 0. The van der Waals surface area contributed by atoms with Crippen molar-refractivity contribution in [1.82, 2.24) is 9.88 Å². The molecule has 1 aliphatic rings. The van der Waals surface area contributed by atoms with Crippen molar-refractivity contribution in [2.45, 2.75) is 25.4 Å². The van der Waals surface area contributed by atoms with E-state index in [2.05, 4.69) is 4.98 Å². The third kappa shape index (κ3) is 3.65. The molecule has 0 radical (unpaired) electrons. The van der Waals surface area contributed by atoms with Crippen LogP contribution in [0.3, 0.4) is 0 Å². The fourth-order valence-electron chi connectivity index (χ4n) is 3.60. The predicted molar refractivity (Wildman–Crippen MR) is 103 cm³/mol. The summed E-state index contributed by atoms with van der Waals surface area (Å²) in [5.74, 6) is 0.0661. The van der Waals surface area contributed by atoms with Gasteiger partial charge < -0.3 is 4.90 Å². The van der Waals surface area contributed by atoms with E-state index in [-0.39, 0.29) is 30.6 Å². The van der Waals surface area contributed by atoms with E-state index in [1.54, 1.807) is 6.20 Å². The largest absolute Gasteiger partial charge is 0.327 e. The lowest BCUT2D eigenvalue weighted by Gasteiger charge is -2.28. The van der Waals surface area contributed by atoms with E-state index in [1.165, 1.54) is 0 Å². The molecular weight excluding hydrogens is 336 g/mol. The number of hydrogen-bond acceptors (Lipinski definition) is 3. The monoisotopic (exact) mass is 356 g/mol. The highest BCUT2D eigenvalue weighted by Crippen LogP contribution is 2.33. The Morgan fingerprint density at radius 2 is 1.70 bits per heavy atom. The van der Waals surface area contributed by atoms with Crippen molar-refractivity contribution in [3.8, 4) is 0 Å². The van der Waals surface area contributed by atoms with E-state index in [9.17, 15) is 9.59 Å². The van der Waals surface area contributed by atoms with Crippen LogP contribution < -0.4 is 0 Å². The van der Waals surface area contributed by atoms with Crippen LogP contribution >= 0.6 is 0 Å². The molecule has 1 aromatic heterocycles. The molecule has 0 saturated heterocycles. The van der Waals surface area contributed by atoms with Crippen LogP contribution in [0.4, 0.5) is 0 Å². The molecule has 3 aromatic rings. The minimum atomic E-state index is -0.276. The summed E-state index contributed by atoms with van der Waals surface area (Å²) in [5, 5.41) is 0. The quantitative estimate of drug-likeness (QED) is 0.671. The van der Waals surface area contributed by atoms with Crippen molar-refractivity contribution in [1.29, 1.82) is 0 Å². The minimum Gasteiger partial charge on any atom is -0.327 e. The summed E-state index contributed by atoms with van der Waals surface area (Å²) < 4.78 is 0. The highest BCUT2D eigenvalue weighted by molar-refractivity contribution is 5.99. The number of benzene rings is 2. The Bertz CT molecular complexity index is 954. The first-order valence-electron chi connectivity index (χ1n) is 9.08. The summed E-state index contributed by atoms with van der Waals surface area (Å²) in [6, 6.07) is 22.7. The topological polar surface area (TPSA) is 50.3 Å². The second kappa shape index (κ2) is 7.54. The Labute approximate surface area is 158 Å². The first kappa shape index (κ1) is 17.2. The molecule has 0 fully saturated rings. The maximum absolute atomic E-state index is 13.0. The number of rotatable bonds is 6. The molecule has 0 saturated carbocycles. The van der Waals surface area contributed by atoms with Crippen LogP contribution in [-0.2, 0) is 17.8 Å². The molecule has 27 heavy (non-hydrogen) atoms. The van der Waals surface area contributed by atoms with E-state index in [4.69, 9.17) is 0 Å². The molecule has 1 amide bonds. The lowest BCUT2D eigenvalue weighted by atomic mass is 9.98. The van der Waals surface area contributed by atoms with Gasteiger partial charge in [-0.3, -0.25) is 14.6 Å². The maximum Gasteiger partial charge on any atom is 0.255 e. The summed E-state index contributed by atoms with van der Waals surface area (Å²) in [5.41, 5.74) is 3.48. The number of pyridine rings is 1. The second-order valence-corrected chi connectivity index (χ2v) is 6.76. The van der Waals surface area contributed by atoms with Gasteiger partial charge in [0.2, 0.25) is 0 Å². The summed E-state index contributed by atoms with van der Waals surface area (Å²) >= 11 is 0. The number of carbonyl (C=O) groups excluding carboxylic acids is 2. The zero-order valence-electron chi connectivity index (χ0n) is 14.9. The lowest BCUT2D eigenvalue weighted by molar-refractivity contribution is -0.119. The highest BCUT2D eigenvalue weighted by Gasteiger charge is 2.34. The van der Waals surface area contributed by atoms with Gasteiger partial charge >= 0.3 is 0 Å². The molecule has 1 unspecified atom stereocenters. The van der Waals surface area contributed by atoms with Crippen LogP contribution in [0.25, 0.3) is 0 Å². The average molecular weight is 356 g/mol. The molecule has 134 valence electrons. The van der Waals surface area contributed by atoms with E-state index >= 15 is 0 Å². The number of ketones is 1. The van der Waals surface area contributed by atoms with Crippen molar-refractivity contribution in [2.24, 2.45) is 0 Å². The Morgan fingerprint density at radius 1 is 0.963 bits per heavy atom. The predicted octanol–water partition coefficient (Wildman–Crippen LogP) is 3.98. The van der Waals surface area contributed by atoms with Crippen LogP contribution in [0, 0.1) is 0 Å². The Kier molecular flexibility index (Phi) is 4.79. The van der Waals surface area contributed by atoms with Gasteiger partial charge in [0.1, 0.15) is 5.78 Å². The van der Waals surface area contributed by atoms with Gasteiger partial charge in [0.15, 0.2) is 0 Å². The molecule has 4 nitrogen and oxygen atoms in total. The molecule has 4 heteroatoms. The molecule has 4 rings (SSSR count). The van der Waals surface area contributed by atoms with Crippen LogP contribution in [0.5, 0.6) is 0 Å². The smallest absolute Gasteiger partial charge is 0.255 e. The van der Waals surface area contributed by atoms with Crippen LogP contribution in [-0.4, -0.2) is 21.6 Å². The van der Waals surface area contributed by atoms with E-state index in [0.29, 0.717) is 6.54 Å². The number of amides is 1. The molecule has 1 atom stereocenters. The van der Waals surface area contributed by atoms with E-state index < -0.39 is 0 Å². The number of fused-ring (bicyclic) bond motifs is 1. The minimum absolute atomic E-state index is 0.00918. The van der Waals surface area contributed by atoms with E-state index in [1.807, 2.05) is 77.7 Å². The van der Waals surface area contributed by atoms with Crippen LogP contribution in [0.15, 0.2) is 79.0 Å². The summed E-state index contributed by atoms with van der Waals surface area (Å²) in [7, 11) is 0. The number of carbonyl (C=O) groups is 2. The zero-order valence-corrected chi connectivity index (χ0v) is 14.9. The van der Waals surface area contributed by atoms with Gasteiger partial charge in [0.05, 0.1) is 6.04 Å². The number of Topliss-reactive ketones (excluding diaryl/α,β-unsaturated/α-hetero) is 1. The first-order valence-corrected chi connectivity index (χ1v) is 9.08. The van der Waals surface area contributed by atoms with Crippen molar-refractivity contribution in [2.75, 3.05) is 0 Å². The molecule has 2 aromatic carbocycles. The van der Waals surface area contributed by atoms with Crippen LogP contribution in [0.2, 0.25) is 0 Å². The van der Waals surface area contributed by atoms with Crippen molar-refractivity contribution in [3.05, 3.63) is 101 Å². The number of nitrogens with zero attached hydrogens (tertiary/aromatic N) is 2. The first-order chi connectivity index (χ1) is 13.2. The molecule has 0 N–H and O–H groups in total. The van der Waals surface area contributed by atoms with Gasteiger partial charge in [-0.2, -0.15) is 0 Å². The summed E-state index contributed by atoms with van der Waals surface area (Å²) in [6.07, 6.45) is 2.25. The van der Waals surface area contributed by atoms with Crippen molar-refractivity contribution < 1.29 is 9.59 Å². The molecule has 2 heterocycles. The van der Waals surface area contributed by atoms with Crippen molar-refractivity contribution >= 4 is 11.7 Å². The molecule has 0 bridgehead atoms. The third-order valence-electron chi connectivity index (χ3n) is 4.94. The Hall–Kier alpha value is -3.27. The second-order valence-electron chi connectivity index (χ2n) is 6.76. The van der Waals surface area contributed by atoms with Crippen molar-refractivity contribution in [3.63, 3.8) is 0 Å². The lowest BCUT2D eigenvalue weighted by Crippen LogP contribution is -2.31. The SMILES string of the molecule is O=C(Cc1ccccn1)CC(c1ccccc1)N1Cc2ccccc2C1=O.